The van der Waals surface area contributed by atoms with Gasteiger partial charge in [0.25, 0.3) is 0 Å². The van der Waals surface area contributed by atoms with Gasteiger partial charge < -0.3 is 10.1 Å². The molecule has 2 nitrogen and oxygen atoms in total. The number of rotatable bonds is 3. The van der Waals surface area contributed by atoms with E-state index in [-0.39, 0.29) is 9.84 Å². The van der Waals surface area contributed by atoms with Gasteiger partial charge in [0.15, 0.2) is 0 Å². The van der Waals surface area contributed by atoms with Gasteiger partial charge in [-0.25, -0.2) is 0 Å². The van der Waals surface area contributed by atoms with Crippen LogP contribution in [0.2, 0.25) is 0 Å². The van der Waals surface area contributed by atoms with Crippen LogP contribution in [0.5, 0.6) is 0 Å². The number of nitrogens with one attached hydrogen (secondary N) is 1. The molecule has 1 saturated heterocycles. The average Bonchev–Trinajstić information content (AvgIpc) is 3.26. The van der Waals surface area contributed by atoms with E-state index in [2.05, 4.69) is 40.2 Å². The Morgan fingerprint density at radius 2 is 1.47 bits per heavy atom. The number of ether oxygens (including phenoxy) is 1. The van der Waals surface area contributed by atoms with Gasteiger partial charge in [0.1, 0.15) is 0 Å². The zero-order valence-electron chi connectivity index (χ0n) is 21.6. The van der Waals surface area contributed by atoms with E-state index in [4.69, 9.17) is 4.74 Å². The molecule has 1 N–H and O–H groups in total. The normalized spacial score (nSPS) is 49.7. The van der Waals surface area contributed by atoms with Gasteiger partial charge in [0.2, 0.25) is 0 Å². The van der Waals surface area contributed by atoms with Crippen LogP contribution in [-0.4, -0.2) is 28.9 Å². The molecule has 6 aliphatic rings. The van der Waals surface area contributed by atoms with Gasteiger partial charge in [-0.15, -0.1) is 0 Å². The van der Waals surface area contributed by atoms with E-state index >= 15 is 0 Å². The lowest BCUT2D eigenvalue weighted by molar-refractivity contribution is -0.187. The molecule has 0 aromatic carbocycles. The molecule has 4 aliphatic carbocycles. The first-order valence-corrected chi connectivity index (χ1v) is 16.4. The Labute approximate surface area is 229 Å². The Morgan fingerprint density at radius 3 is 2.19 bits per heavy atom. The largest absolute Gasteiger partial charge is 0.391 e. The first-order valence-electron chi connectivity index (χ1n) is 15.1. The molecule has 0 amide bonds. The Kier molecular flexibility index (Phi) is 7.94. The highest BCUT2D eigenvalue weighted by molar-refractivity contribution is 14.1. The molecule has 2 heterocycles. The molecule has 204 valence electrons. The summed E-state index contributed by atoms with van der Waals surface area (Å²) in [6.07, 6.45) is 16.8. The van der Waals surface area contributed by atoms with Crippen molar-refractivity contribution in [2.75, 3.05) is 6.54 Å². The van der Waals surface area contributed by atoms with E-state index in [9.17, 15) is 13.2 Å². The minimum Gasteiger partial charge on any atom is -0.391 e. The van der Waals surface area contributed by atoms with Gasteiger partial charge >= 0.3 is 6.18 Å². The molecule has 0 radical (unpaired) electrons. The fourth-order valence-electron chi connectivity index (χ4n) is 9.93. The van der Waals surface area contributed by atoms with E-state index < -0.39 is 12.1 Å². The summed E-state index contributed by atoms with van der Waals surface area (Å²) in [5.74, 6) is 4.09. The van der Waals surface area contributed by atoms with E-state index in [1.807, 2.05) is 0 Å². The summed E-state index contributed by atoms with van der Waals surface area (Å²) in [5.41, 5.74) is 0. The van der Waals surface area contributed by atoms with Crippen LogP contribution in [0.1, 0.15) is 89.9 Å². The monoisotopic (exact) mass is 619 g/mol. The highest BCUT2D eigenvalue weighted by Gasteiger charge is 2.55. The lowest BCUT2D eigenvalue weighted by Crippen LogP contribution is -2.43. The van der Waals surface area contributed by atoms with Crippen molar-refractivity contribution in [2.24, 2.45) is 53.3 Å². The number of hydrogen-bond acceptors (Lipinski definition) is 2. The standard InChI is InChI=1S/C30H45F3INO/c31-30(32,33)23-13-22(14-24(34)16-23)25-4-1-5-27-29(25)26-11-10-20(15-28(26)36-27)18-6-8-19(9-7-18)21-3-2-12-35-17-21/h2,12,18-29,35H,1,3-11,13-17H2. The topological polar surface area (TPSA) is 21.3 Å². The fraction of sp³-hybridized carbons (Fsp3) is 0.933. The second kappa shape index (κ2) is 10.9. The third-order valence-corrected chi connectivity index (χ3v) is 12.7. The number of alkyl halides is 4. The van der Waals surface area contributed by atoms with Gasteiger partial charge in [-0.1, -0.05) is 35.1 Å². The number of allylic oxidation sites excluding steroid dienone is 1. The van der Waals surface area contributed by atoms with Crippen molar-refractivity contribution in [3.63, 3.8) is 0 Å². The highest BCUT2D eigenvalue weighted by atomic mass is 127. The summed E-state index contributed by atoms with van der Waals surface area (Å²) in [5, 5.41) is 3.44. The average molecular weight is 620 g/mol. The van der Waals surface area contributed by atoms with E-state index in [1.165, 1.54) is 51.4 Å². The van der Waals surface area contributed by atoms with E-state index in [0.29, 0.717) is 42.8 Å². The number of fused-ring (bicyclic) bond motifs is 3. The van der Waals surface area contributed by atoms with E-state index in [1.54, 1.807) is 0 Å². The molecular formula is C30H45F3INO. The van der Waals surface area contributed by atoms with Gasteiger partial charge in [-0.3, -0.25) is 0 Å². The molecule has 0 aromatic heterocycles. The minimum atomic E-state index is -4.04. The number of hydrogen-bond donors (Lipinski definition) is 1. The smallest absolute Gasteiger partial charge is 0.391 e. The third-order valence-electron chi connectivity index (χ3n) is 11.6. The Morgan fingerprint density at radius 1 is 0.722 bits per heavy atom. The first-order chi connectivity index (χ1) is 17.4. The van der Waals surface area contributed by atoms with E-state index in [0.717, 1.165) is 55.9 Å². The summed E-state index contributed by atoms with van der Waals surface area (Å²) in [6.45, 7) is 1.15. The van der Waals surface area contributed by atoms with Crippen LogP contribution in [0.25, 0.3) is 0 Å². The van der Waals surface area contributed by atoms with Crippen molar-refractivity contribution in [2.45, 2.75) is 112 Å². The Bertz CT molecular complexity index is 781. The maximum Gasteiger partial charge on any atom is 0.391 e. The zero-order valence-corrected chi connectivity index (χ0v) is 23.8. The Balaban J connectivity index is 1.07. The predicted octanol–water partition coefficient (Wildman–Crippen LogP) is 8.30. The van der Waals surface area contributed by atoms with Crippen LogP contribution in [0.4, 0.5) is 13.2 Å². The maximum absolute atomic E-state index is 13.7. The molecule has 36 heavy (non-hydrogen) atoms. The van der Waals surface area contributed by atoms with Crippen LogP contribution in [0.3, 0.4) is 0 Å². The summed E-state index contributed by atoms with van der Waals surface area (Å²) >= 11 is 2.31. The molecule has 10 atom stereocenters. The van der Waals surface area contributed by atoms with Crippen LogP contribution < -0.4 is 5.32 Å². The molecule has 0 aromatic rings. The SMILES string of the molecule is FC(F)(F)C1CC(I)CC(C2CCCC3OC4CC(C5CCC(C6CC=CNC6)CC5)CCC4C32)C1. The molecule has 6 heteroatoms. The van der Waals surface area contributed by atoms with Crippen molar-refractivity contribution in [1.82, 2.24) is 5.32 Å². The lowest BCUT2D eigenvalue weighted by Gasteiger charge is -2.46. The quantitative estimate of drug-likeness (QED) is 0.254. The molecule has 0 spiro atoms. The summed E-state index contributed by atoms with van der Waals surface area (Å²) in [4.78, 5) is 0. The Hall–Kier alpha value is 0.0200. The molecule has 10 unspecified atom stereocenters. The van der Waals surface area contributed by atoms with Crippen molar-refractivity contribution in [1.29, 1.82) is 0 Å². The van der Waals surface area contributed by atoms with Gasteiger partial charge in [0, 0.05) is 10.5 Å². The minimum absolute atomic E-state index is 0.165. The predicted molar refractivity (Wildman–Crippen MR) is 146 cm³/mol. The summed E-state index contributed by atoms with van der Waals surface area (Å²) < 4.78 is 48.1. The fourth-order valence-corrected chi connectivity index (χ4v) is 11.2. The highest BCUT2D eigenvalue weighted by Crippen LogP contribution is 2.57. The molecular weight excluding hydrogens is 574 g/mol. The zero-order chi connectivity index (χ0) is 24.9. The summed E-state index contributed by atoms with van der Waals surface area (Å²) in [6, 6.07) is 0. The molecule has 4 saturated carbocycles. The van der Waals surface area contributed by atoms with Gasteiger partial charge in [-0.2, -0.15) is 13.2 Å². The molecule has 5 fully saturated rings. The molecule has 6 rings (SSSR count). The second-order valence-electron chi connectivity index (χ2n) is 13.4. The third kappa shape index (κ3) is 5.38. The van der Waals surface area contributed by atoms with Crippen molar-refractivity contribution < 1.29 is 17.9 Å². The maximum atomic E-state index is 13.7. The molecule has 2 aliphatic heterocycles. The second-order valence-corrected chi connectivity index (χ2v) is 15.2. The van der Waals surface area contributed by atoms with Crippen molar-refractivity contribution in [3.8, 4) is 0 Å². The van der Waals surface area contributed by atoms with Crippen LogP contribution in [0.15, 0.2) is 12.3 Å². The van der Waals surface area contributed by atoms with Gasteiger partial charge in [-0.05, 0) is 137 Å². The number of halogens is 4. The van der Waals surface area contributed by atoms with Crippen LogP contribution in [-0.2, 0) is 4.74 Å². The summed E-state index contributed by atoms with van der Waals surface area (Å²) in [7, 11) is 0. The van der Waals surface area contributed by atoms with Gasteiger partial charge in [0.05, 0.1) is 18.1 Å². The first kappa shape index (κ1) is 26.3. The molecule has 0 bridgehead atoms. The van der Waals surface area contributed by atoms with Crippen LogP contribution >= 0.6 is 22.6 Å². The lowest BCUT2D eigenvalue weighted by atomic mass is 9.59. The van der Waals surface area contributed by atoms with Crippen molar-refractivity contribution >= 4 is 22.6 Å². The van der Waals surface area contributed by atoms with Crippen molar-refractivity contribution in [3.05, 3.63) is 12.3 Å². The van der Waals surface area contributed by atoms with Crippen LogP contribution in [0, 0.1) is 53.3 Å².